The second-order valence-corrected chi connectivity index (χ2v) is 10.4. The molecule has 1 aliphatic heterocycles. The zero-order valence-corrected chi connectivity index (χ0v) is 18.7. The van der Waals surface area contributed by atoms with E-state index in [1.165, 1.54) is 30.5 Å². The zero-order chi connectivity index (χ0) is 21.4. The third-order valence-corrected chi connectivity index (χ3v) is 8.52. The van der Waals surface area contributed by atoms with Gasteiger partial charge in [0.2, 0.25) is 10.0 Å². The fourth-order valence-electron chi connectivity index (χ4n) is 4.93. The minimum atomic E-state index is -3.53. The van der Waals surface area contributed by atoms with Crippen LogP contribution in [0.3, 0.4) is 0 Å². The highest BCUT2D eigenvalue weighted by atomic mass is 32.2. The molecule has 1 N–H and O–H groups in total. The number of anilines is 1. The molecule has 1 saturated heterocycles. The maximum Gasteiger partial charge on any atom is 0.243 e. The second-order valence-electron chi connectivity index (χ2n) is 8.41. The van der Waals surface area contributed by atoms with Crippen molar-refractivity contribution in [3.63, 3.8) is 0 Å². The number of fused-ring (bicyclic) bond motifs is 3. The van der Waals surface area contributed by atoms with Crippen LogP contribution in [0, 0.1) is 0 Å². The van der Waals surface area contributed by atoms with E-state index in [1.807, 2.05) is 36.4 Å². The largest absolute Gasteiger partial charge is 0.495 e. The number of nitrogens with one attached hydrogen (secondary N) is 1. The lowest BCUT2D eigenvalue weighted by molar-refractivity contribution is 0.378. The van der Waals surface area contributed by atoms with Crippen LogP contribution in [0.5, 0.6) is 5.75 Å². The predicted octanol–water partition coefficient (Wildman–Crippen LogP) is 3.96. The quantitative estimate of drug-likeness (QED) is 0.625. The van der Waals surface area contributed by atoms with Gasteiger partial charge >= 0.3 is 0 Å². The average molecular weight is 440 g/mol. The number of sulfonamides is 1. The molecule has 1 aromatic heterocycles. The Labute approximate surface area is 183 Å². The molecule has 0 amide bonds. The normalized spacial score (nSPS) is 18.0. The van der Waals surface area contributed by atoms with Crippen molar-refractivity contribution in [1.29, 1.82) is 0 Å². The average Bonchev–Trinajstić information content (AvgIpc) is 2.98. The summed E-state index contributed by atoms with van der Waals surface area (Å²) < 4.78 is 33.9. The molecule has 0 unspecified atom stereocenters. The molecule has 2 heterocycles. The highest BCUT2D eigenvalue weighted by Crippen LogP contribution is 2.32. The van der Waals surface area contributed by atoms with Crippen LogP contribution in [-0.4, -0.2) is 51.0 Å². The van der Waals surface area contributed by atoms with Crippen LogP contribution in [0.25, 0.3) is 10.9 Å². The summed E-state index contributed by atoms with van der Waals surface area (Å²) >= 11 is 0. The molecule has 0 atom stereocenters. The van der Waals surface area contributed by atoms with E-state index < -0.39 is 10.0 Å². The molecule has 0 spiro atoms. The van der Waals surface area contributed by atoms with Crippen molar-refractivity contribution in [1.82, 2.24) is 9.29 Å². The molecule has 6 nitrogen and oxygen atoms in total. The Kier molecular flexibility index (Phi) is 5.40. The van der Waals surface area contributed by atoms with Crippen molar-refractivity contribution in [2.75, 3.05) is 38.2 Å². The van der Waals surface area contributed by atoms with Gasteiger partial charge in [0.15, 0.2) is 0 Å². The number of hydrogen-bond donors (Lipinski definition) is 1. The molecule has 164 valence electrons. The number of aryl methyl sites for hydroxylation is 2. The van der Waals surface area contributed by atoms with Crippen LogP contribution in [0.4, 0.5) is 5.69 Å². The molecule has 3 aromatic rings. The fourth-order valence-corrected chi connectivity index (χ4v) is 6.38. The van der Waals surface area contributed by atoms with E-state index >= 15 is 0 Å². The summed E-state index contributed by atoms with van der Waals surface area (Å²) in [5.74, 6) is 0.817. The van der Waals surface area contributed by atoms with Crippen molar-refractivity contribution < 1.29 is 13.2 Å². The van der Waals surface area contributed by atoms with Gasteiger partial charge in [-0.05, 0) is 61.6 Å². The van der Waals surface area contributed by atoms with Crippen LogP contribution in [0.1, 0.15) is 30.5 Å². The smallest absolute Gasteiger partial charge is 0.243 e. The number of methoxy groups -OCH3 is 1. The summed E-state index contributed by atoms with van der Waals surface area (Å²) in [6.07, 6.45) is 5.68. The first-order valence-corrected chi connectivity index (χ1v) is 12.5. The van der Waals surface area contributed by atoms with Gasteiger partial charge in [0, 0.05) is 42.8 Å². The molecule has 1 aliphatic carbocycles. The van der Waals surface area contributed by atoms with Gasteiger partial charge < -0.3 is 14.6 Å². The minimum Gasteiger partial charge on any atom is -0.495 e. The van der Waals surface area contributed by atoms with Crippen LogP contribution in [0.15, 0.2) is 47.4 Å². The molecule has 0 saturated carbocycles. The Morgan fingerprint density at radius 2 is 1.71 bits per heavy atom. The van der Waals surface area contributed by atoms with Gasteiger partial charge in [-0.25, -0.2) is 8.42 Å². The van der Waals surface area contributed by atoms with E-state index in [0.29, 0.717) is 31.1 Å². The summed E-state index contributed by atoms with van der Waals surface area (Å²) in [5.41, 5.74) is 4.66. The van der Waals surface area contributed by atoms with Crippen molar-refractivity contribution in [2.45, 2.75) is 37.0 Å². The van der Waals surface area contributed by atoms with E-state index in [4.69, 9.17) is 4.74 Å². The Morgan fingerprint density at radius 3 is 2.52 bits per heavy atom. The van der Waals surface area contributed by atoms with Crippen molar-refractivity contribution in [2.24, 2.45) is 0 Å². The van der Waals surface area contributed by atoms with Crippen molar-refractivity contribution >= 4 is 26.6 Å². The lowest BCUT2D eigenvalue weighted by Crippen LogP contribution is -2.48. The number of benzene rings is 2. The van der Waals surface area contributed by atoms with Gasteiger partial charge in [0.1, 0.15) is 5.75 Å². The lowest BCUT2D eigenvalue weighted by atomic mass is 10.1. The number of aromatic amines is 1. The summed E-state index contributed by atoms with van der Waals surface area (Å²) in [6.45, 7) is 2.20. The number of H-pyrrole nitrogens is 1. The summed E-state index contributed by atoms with van der Waals surface area (Å²) in [7, 11) is -1.86. The van der Waals surface area contributed by atoms with Gasteiger partial charge in [-0.2, -0.15) is 4.31 Å². The minimum absolute atomic E-state index is 0.400. The van der Waals surface area contributed by atoms with Gasteiger partial charge in [0.05, 0.1) is 17.7 Å². The number of rotatable bonds is 4. The SMILES string of the molecule is COc1ccccc1N1CCN(S(=O)(=O)c2ccc3[nH]c4c(c3c2)CCCCC4)CC1. The first-order valence-electron chi connectivity index (χ1n) is 11.1. The highest BCUT2D eigenvalue weighted by molar-refractivity contribution is 7.89. The fraction of sp³-hybridized carbons (Fsp3) is 0.417. The molecule has 1 fully saturated rings. The maximum atomic E-state index is 13.4. The predicted molar refractivity (Wildman–Crippen MR) is 124 cm³/mol. The van der Waals surface area contributed by atoms with Crippen LogP contribution in [-0.2, 0) is 22.9 Å². The van der Waals surface area contributed by atoms with Crippen molar-refractivity contribution in [3.8, 4) is 5.75 Å². The molecular formula is C24H29N3O3S. The van der Waals surface area contributed by atoms with Crippen LogP contribution in [0.2, 0.25) is 0 Å². The van der Waals surface area contributed by atoms with Gasteiger partial charge in [0.25, 0.3) is 0 Å². The summed E-state index contributed by atoms with van der Waals surface area (Å²) in [6, 6.07) is 13.5. The monoisotopic (exact) mass is 439 g/mol. The molecule has 31 heavy (non-hydrogen) atoms. The Hall–Kier alpha value is -2.51. The van der Waals surface area contributed by atoms with E-state index in [9.17, 15) is 8.42 Å². The number of nitrogens with zero attached hydrogens (tertiary/aromatic N) is 2. The molecule has 7 heteroatoms. The highest BCUT2D eigenvalue weighted by Gasteiger charge is 2.30. The number of ether oxygens (including phenoxy) is 1. The third kappa shape index (κ3) is 3.70. The molecule has 2 aromatic carbocycles. The second kappa shape index (κ2) is 8.20. The molecule has 0 radical (unpaired) electrons. The summed E-state index contributed by atoms with van der Waals surface area (Å²) in [5, 5.41) is 1.07. The zero-order valence-electron chi connectivity index (χ0n) is 17.9. The van der Waals surface area contributed by atoms with Crippen molar-refractivity contribution in [3.05, 3.63) is 53.7 Å². The molecule has 2 aliphatic rings. The lowest BCUT2D eigenvalue weighted by Gasteiger charge is -2.35. The van der Waals surface area contributed by atoms with Gasteiger partial charge in [-0.3, -0.25) is 0 Å². The Balaban J connectivity index is 1.38. The number of piperazine rings is 1. The number of para-hydroxylation sites is 2. The van der Waals surface area contributed by atoms with E-state index in [2.05, 4.69) is 9.88 Å². The van der Waals surface area contributed by atoms with Gasteiger partial charge in [-0.15, -0.1) is 0 Å². The number of aromatic nitrogens is 1. The van der Waals surface area contributed by atoms with E-state index in [0.717, 1.165) is 35.2 Å². The standard InChI is InChI=1S/C24H29N3O3S/c1-30-24-10-6-5-9-23(24)26-13-15-27(16-14-26)31(28,29)18-11-12-22-20(17-18)19-7-3-2-4-8-21(19)25-22/h5-6,9-12,17,25H,2-4,7-8,13-16H2,1H3. The maximum absolute atomic E-state index is 13.4. The third-order valence-electron chi connectivity index (χ3n) is 6.62. The number of hydrogen-bond acceptors (Lipinski definition) is 4. The van der Waals surface area contributed by atoms with E-state index in [-0.39, 0.29) is 0 Å². The van der Waals surface area contributed by atoms with E-state index in [1.54, 1.807) is 17.5 Å². The van der Waals surface area contributed by atoms with Crippen LogP contribution >= 0.6 is 0 Å². The van der Waals surface area contributed by atoms with Crippen LogP contribution < -0.4 is 9.64 Å². The summed E-state index contributed by atoms with van der Waals surface area (Å²) in [4.78, 5) is 6.12. The first-order chi connectivity index (χ1) is 15.1. The topological polar surface area (TPSA) is 65.6 Å². The Bertz CT molecular complexity index is 1190. The van der Waals surface area contributed by atoms with Gasteiger partial charge in [-0.1, -0.05) is 18.6 Å². The molecular weight excluding hydrogens is 410 g/mol. The Morgan fingerprint density at radius 1 is 0.935 bits per heavy atom. The molecule has 5 rings (SSSR count). The first kappa shape index (κ1) is 20.4. The molecule has 0 bridgehead atoms.